The summed E-state index contributed by atoms with van der Waals surface area (Å²) >= 11 is 0. The first-order chi connectivity index (χ1) is 10.2. The van der Waals surface area contributed by atoms with Crippen LogP contribution in [0.4, 0.5) is 5.82 Å². The quantitative estimate of drug-likeness (QED) is 0.650. The molecular formula is C16H18N4O. The molecule has 0 saturated carbocycles. The van der Waals surface area contributed by atoms with Crippen molar-refractivity contribution in [2.24, 2.45) is 0 Å². The minimum Gasteiger partial charge on any atom is -0.367 e. The van der Waals surface area contributed by atoms with E-state index in [1.54, 1.807) is 12.4 Å². The molecule has 1 N–H and O–H groups in total. The highest BCUT2D eigenvalue weighted by molar-refractivity contribution is 5.59. The minimum atomic E-state index is 0.325. The van der Waals surface area contributed by atoms with Crippen molar-refractivity contribution in [2.45, 2.75) is 13.8 Å². The summed E-state index contributed by atoms with van der Waals surface area (Å²) in [6, 6.07) is 3.79. The number of hydrogen-bond acceptors (Lipinski definition) is 5. The van der Waals surface area contributed by atoms with E-state index in [9.17, 15) is 0 Å². The number of nitrogens with one attached hydrogen (secondary N) is 1. The maximum absolute atomic E-state index is 5.24. The number of rotatable bonds is 6. The second-order valence-electron chi connectivity index (χ2n) is 4.53. The number of anilines is 1. The summed E-state index contributed by atoms with van der Waals surface area (Å²) in [4.78, 5) is 13.1. The van der Waals surface area contributed by atoms with Gasteiger partial charge in [-0.15, -0.1) is 6.42 Å². The van der Waals surface area contributed by atoms with Crippen LogP contribution in [0, 0.1) is 26.2 Å². The molecule has 2 aromatic rings. The van der Waals surface area contributed by atoms with Gasteiger partial charge in [0.1, 0.15) is 12.4 Å². The normalized spacial score (nSPS) is 10.1. The van der Waals surface area contributed by atoms with E-state index in [1.807, 2.05) is 26.0 Å². The Labute approximate surface area is 124 Å². The van der Waals surface area contributed by atoms with Crippen LogP contribution in [0.1, 0.15) is 11.3 Å². The van der Waals surface area contributed by atoms with E-state index in [4.69, 9.17) is 11.2 Å². The molecule has 0 aromatic carbocycles. The standard InChI is InChI=1S/C16H18N4O/c1-4-10-21-11-9-18-15-12(2)13(3)19-16(20-15)14-5-7-17-8-6-14/h1,5-8H,9-11H2,2-3H3,(H,18,19,20). The zero-order valence-electron chi connectivity index (χ0n) is 12.3. The number of aryl methyl sites for hydroxylation is 1. The predicted octanol–water partition coefficient (Wildman–Crippen LogP) is 2.22. The summed E-state index contributed by atoms with van der Waals surface area (Å²) in [6.07, 6.45) is 8.59. The molecule has 0 unspecified atom stereocenters. The number of aromatic nitrogens is 3. The lowest BCUT2D eigenvalue weighted by Gasteiger charge is -2.12. The van der Waals surface area contributed by atoms with Crippen LogP contribution in [0.2, 0.25) is 0 Å². The van der Waals surface area contributed by atoms with Crippen LogP contribution in [0.25, 0.3) is 11.4 Å². The molecule has 0 bridgehead atoms. The monoisotopic (exact) mass is 282 g/mol. The Morgan fingerprint density at radius 1 is 1.24 bits per heavy atom. The summed E-state index contributed by atoms with van der Waals surface area (Å²) in [5, 5.41) is 3.26. The van der Waals surface area contributed by atoms with E-state index in [0.29, 0.717) is 25.6 Å². The number of hydrogen-bond donors (Lipinski definition) is 1. The fraction of sp³-hybridized carbons (Fsp3) is 0.312. The van der Waals surface area contributed by atoms with Crippen LogP contribution in [0.3, 0.4) is 0 Å². The van der Waals surface area contributed by atoms with Crippen molar-refractivity contribution in [3.05, 3.63) is 35.8 Å². The zero-order valence-corrected chi connectivity index (χ0v) is 12.3. The summed E-state index contributed by atoms with van der Waals surface area (Å²) in [5.41, 5.74) is 2.92. The number of ether oxygens (including phenoxy) is 1. The Bertz CT molecular complexity index is 635. The maximum Gasteiger partial charge on any atom is 0.161 e. The average Bonchev–Trinajstić information content (AvgIpc) is 2.51. The van der Waals surface area contributed by atoms with Gasteiger partial charge in [0.25, 0.3) is 0 Å². The van der Waals surface area contributed by atoms with Crippen molar-refractivity contribution in [1.29, 1.82) is 0 Å². The van der Waals surface area contributed by atoms with E-state index >= 15 is 0 Å². The molecule has 21 heavy (non-hydrogen) atoms. The van der Waals surface area contributed by atoms with Gasteiger partial charge in [-0.25, -0.2) is 9.97 Å². The smallest absolute Gasteiger partial charge is 0.161 e. The van der Waals surface area contributed by atoms with Gasteiger partial charge in [-0.3, -0.25) is 4.98 Å². The average molecular weight is 282 g/mol. The SMILES string of the molecule is C#CCOCCNc1nc(-c2ccncc2)nc(C)c1C. The second kappa shape index (κ2) is 7.36. The highest BCUT2D eigenvalue weighted by Gasteiger charge is 2.09. The lowest BCUT2D eigenvalue weighted by molar-refractivity contribution is 0.178. The lowest BCUT2D eigenvalue weighted by atomic mass is 10.2. The van der Waals surface area contributed by atoms with Gasteiger partial charge in [-0.05, 0) is 26.0 Å². The third-order valence-electron chi connectivity index (χ3n) is 3.05. The molecule has 0 saturated heterocycles. The Balaban J connectivity index is 2.14. The van der Waals surface area contributed by atoms with Gasteiger partial charge in [0, 0.05) is 35.8 Å². The first kappa shape index (κ1) is 14.9. The molecule has 0 fully saturated rings. The van der Waals surface area contributed by atoms with Crippen molar-refractivity contribution in [2.75, 3.05) is 25.1 Å². The summed E-state index contributed by atoms with van der Waals surface area (Å²) in [5.74, 6) is 3.94. The van der Waals surface area contributed by atoms with E-state index in [2.05, 4.69) is 26.2 Å². The molecule has 0 spiro atoms. The van der Waals surface area contributed by atoms with Crippen LogP contribution in [-0.2, 0) is 4.74 Å². The lowest BCUT2D eigenvalue weighted by Crippen LogP contribution is -2.13. The summed E-state index contributed by atoms with van der Waals surface area (Å²) < 4.78 is 5.24. The van der Waals surface area contributed by atoms with E-state index in [-0.39, 0.29) is 0 Å². The summed E-state index contributed by atoms with van der Waals surface area (Å²) in [7, 11) is 0. The topological polar surface area (TPSA) is 59.9 Å². The van der Waals surface area contributed by atoms with Crippen molar-refractivity contribution >= 4 is 5.82 Å². The Morgan fingerprint density at radius 3 is 2.71 bits per heavy atom. The van der Waals surface area contributed by atoms with Crippen molar-refractivity contribution in [1.82, 2.24) is 15.0 Å². The Morgan fingerprint density at radius 2 is 2.00 bits per heavy atom. The van der Waals surface area contributed by atoms with Crippen LogP contribution < -0.4 is 5.32 Å². The van der Waals surface area contributed by atoms with Gasteiger partial charge in [0.05, 0.1) is 6.61 Å². The van der Waals surface area contributed by atoms with Gasteiger partial charge >= 0.3 is 0 Å². The molecule has 0 radical (unpaired) electrons. The largest absolute Gasteiger partial charge is 0.367 e. The molecule has 0 aliphatic rings. The maximum atomic E-state index is 5.24. The minimum absolute atomic E-state index is 0.325. The highest BCUT2D eigenvalue weighted by atomic mass is 16.5. The van der Waals surface area contributed by atoms with Crippen LogP contribution in [0.5, 0.6) is 0 Å². The summed E-state index contributed by atoms with van der Waals surface area (Å²) in [6.45, 7) is 5.48. The van der Waals surface area contributed by atoms with Crippen molar-refractivity contribution in [3.63, 3.8) is 0 Å². The molecule has 2 rings (SSSR count). The molecule has 2 aromatic heterocycles. The van der Waals surface area contributed by atoms with E-state index < -0.39 is 0 Å². The van der Waals surface area contributed by atoms with Gasteiger partial charge in [-0.1, -0.05) is 5.92 Å². The number of pyridine rings is 1. The molecule has 0 amide bonds. The first-order valence-corrected chi connectivity index (χ1v) is 6.73. The van der Waals surface area contributed by atoms with Crippen LogP contribution in [-0.4, -0.2) is 34.7 Å². The Kier molecular flexibility index (Phi) is 5.24. The molecule has 0 aliphatic carbocycles. The fourth-order valence-electron chi connectivity index (χ4n) is 1.80. The predicted molar refractivity (Wildman–Crippen MR) is 82.9 cm³/mol. The van der Waals surface area contributed by atoms with E-state index in [1.165, 1.54) is 0 Å². The van der Waals surface area contributed by atoms with E-state index in [0.717, 1.165) is 22.6 Å². The molecular weight excluding hydrogens is 264 g/mol. The van der Waals surface area contributed by atoms with Crippen LogP contribution in [0.15, 0.2) is 24.5 Å². The Hall–Kier alpha value is -2.45. The van der Waals surface area contributed by atoms with Crippen LogP contribution >= 0.6 is 0 Å². The van der Waals surface area contributed by atoms with Gasteiger partial charge in [-0.2, -0.15) is 0 Å². The highest BCUT2D eigenvalue weighted by Crippen LogP contribution is 2.20. The van der Waals surface area contributed by atoms with Gasteiger partial charge in [0.15, 0.2) is 5.82 Å². The fourth-order valence-corrected chi connectivity index (χ4v) is 1.80. The molecule has 5 nitrogen and oxygen atoms in total. The molecule has 0 aliphatic heterocycles. The van der Waals surface area contributed by atoms with Crippen molar-refractivity contribution in [3.8, 4) is 23.7 Å². The molecule has 0 atom stereocenters. The zero-order chi connectivity index (χ0) is 15.1. The third-order valence-corrected chi connectivity index (χ3v) is 3.05. The molecule has 108 valence electrons. The first-order valence-electron chi connectivity index (χ1n) is 6.73. The van der Waals surface area contributed by atoms with Crippen molar-refractivity contribution < 1.29 is 4.74 Å². The molecule has 5 heteroatoms. The molecule has 2 heterocycles. The number of terminal acetylenes is 1. The second-order valence-corrected chi connectivity index (χ2v) is 4.53. The van der Waals surface area contributed by atoms with Gasteiger partial charge in [0.2, 0.25) is 0 Å². The van der Waals surface area contributed by atoms with Gasteiger partial charge < -0.3 is 10.1 Å². The number of nitrogens with zero attached hydrogens (tertiary/aromatic N) is 3. The third kappa shape index (κ3) is 4.01.